The van der Waals surface area contributed by atoms with Gasteiger partial charge in [0.2, 0.25) is 0 Å². The summed E-state index contributed by atoms with van der Waals surface area (Å²) in [6, 6.07) is 1.45. The van der Waals surface area contributed by atoms with Crippen molar-refractivity contribution in [3.05, 3.63) is 40.2 Å². The number of carbonyl (C=O) groups excluding carboxylic acids is 1. The molecule has 0 bridgehead atoms. The number of aryl methyl sites for hydroxylation is 2. The number of rotatable bonds is 4. The Morgan fingerprint density at radius 2 is 2.04 bits per heavy atom. The minimum atomic E-state index is -1.04. The quantitative estimate of drug-likeness (QED) is 0.865. The number of carboxylic acid groups (broad SMARTS) is 1. The lowest BCUT2D eigenvalue weighted by molar-refractivity contribution is 0.0694. The maximum Gasteiger partial charge on any atom is 0.339 e. The van der Waals surface area contributed by atoms with Crippen LogP contribution in [0.4, 0.5) is 0 Å². The van der Waals surface area contributed by atoms with Crippen molar-refractivity contribution < 1.29 is 23.6 Å². The Labute approximate surface area is 139 Å². The maximum atomic E-state index is 12.7. The van der Waals surface area contributed by atoms with E-state index in [0.29, 0.717) is 17.2 Å². The molecule has 7 nitrogen and oxygen atoms in total. The van der Waals surface area contributed by atoms with E-state index in [1.54, 1.807) is 14.0 Å². The molecule has 0 unspecified atom stereocenters. The molecule has 24 heavy (non-hydrogen) atoms. The summed E-state index contributed by atoms with van der Waals surface area (Å²) in [7, 11) is 1.64. The molecule has 128 valence electrons. The zero-order valence-corrected chi connectivity index (χ0v) is 13.8. The molecular weight excluding hydrogens is 312 g/mol. The molecule has 1 aliphatic rings. The number of hydrogen-bond donors (Lipinski definition) is 1. The summed E-state index contributed by atoms with van der Waals surface area (Å²) in [5.41, 5.74) is 1.38. The number of carbonyl (C=O) groups is 2. The van der Waals surface area contributed by atoms with Crippen LogP contribution in [0.15, 0.2) is 15.0 Å². The predicted octanol–water partition coefficient (Wildman–Crippen LogP) is 2.82. The Bertz CT molecular complexity index is 774. The molecule has 2 heterocycles. The molecule has 0 spiro atoms. The zero-order valence-electron chi connectivity index (χ0n) is 13.8. The third kappa shape index (κ3) is 3.06. The van der Waals surface area contributed by atoms with Crippen LogP contribution < -0.4 is 0 Å². The summed E-state index contributed by atoms with van der Waals surface area (Å²) in [5.74, 6) is 0.279. The van der Waals surface area contributed by atoms with Crippen LogP contribution in [0.2, 0.25) is 0 Å². The van der Waals surface area contributed by atoms with Crippen LogP contribution in [0.3, 0.4) is 0 Å². The summed E-state index contributed by atoms with van der Waals surface area (Å²) in [4.78, 5) is 25.2. The lowest BCUT2D eigenvalue weighted by Crippen LogP contribution is -2.27. The Hall–Kier alpha value is -2.57. The summed E-state index contributed by atoms with van der Waals surface area (Å²) < 4.78 is 10.8. The van der Waals surface area contributed by atoms with Gasteiger partial charge in [0.15, 0.2) is 5.69 Å². The topological polar surface area (TPSA) is 96.8 Å². The van der Waals surface area contributed by atoms with E-state index in [-0.39, 0.29) is 18.0 Å². The summed E-state index contributed by atoms with van der Waals surface area (Å²) in [6.45, 7) is 1.76. The van der Waals surface area contributed by atoms with Gasteiger partial charge in [0.05, 0.1) is 6.54 Å². The lowest BCUT2D eigenvalue weighted by atomic mass is 10.1. The van der Waals surface area contributed by atoms with Gasteiger partial charge in [-0.3, -0.25) is 4.79 Å². The molecule has 0 aromatic carbocycles. The monoisotopic (exact) mass is 332 g/mol. The first-order valence-electron chi connectivity index (χ1n) is 8.03. The van der Waals surface area contributed by atoms with Crippen LogP contribution in [-0.4, -0.2) is 34.1 Å². The normalized spacial score (nSPS) is 14.1. The van der Waals surface area contributed by atoms with Crippen LogP contribution in [-0.2, 0) is 19.4 Å². The number of fused-ring (bicyclic) bond motifs is 1. The van der Waals surface area contributed by atoms with E-state index in [1.165, 1.54) is 11.0 Å². The van der Waals surface area contributed by atoms with Crippen LogP contribution in [0.1, 0.15) is 63.0 Å². The third-order valence-electron chi connectivity index (χ3n) is 4.34. The minimum Gasteiger partial charge on any atom is -0.478 e. The second-order valence-corrected chi connectivity index (χ2v) is 6.14. The summed E-state index contributed by atoms with van der Waals surface area (Å²) in [6.07, 6.45) is 4.82. The van der Waals surface area contributed by atoms with Crippen molar-refractivity contribution in [2.24, 2.45) is 0 Å². The molecule has 2 aromatic heterocycles. The van der Waals surface area contributed by atoms with Gasteiger partial charge < -0.3 is 18.9 Å². The van der Waals surface area contributed by atoms with Crippen LogP contribution in [0.25, 0.3) is 0 Å². The summed E-state index contributed by atoms with van der Waals surface area (Å²) in [5, 5.41) is 13.0. The number of nitrogens with zero attached hydrogens (tertiary/aromatic N) is 2. The molecule has 0 fully saturated rings. The first kappa shape index (κ1) is 16.3. The van der Waals surface area contributed by atoms with E-state index < -0.39 is 5.97 Å². The molecule has 1 N–H and O–H groups in total. The molecule has 0 aliphatic heterocycles. The first-order valence-corrected chi connectivity index (χ1v) is 8.03. The highest BCUT2D eigenvalue weighted by Gasteiger charge is 2.26. The third-order valence-corrected chi connectivity index (χ3v) is 4.34. The van der Waals surface area contributed by atoms with Gasteiger partial charge in [0.25, 0.3) is 5.91 Å². The van der Waals surface area contributed by atoms with Gasteiger partial charge in [0, 0.05) is 19.0 Å². The first-order chi connectivity index (χ1) is 11.5. The van der Waals surface area contributed by atoms with Gasteiger partial charge >= 0.3 is 5.97 Å². The molecule has 0 radical (unpaired) electrons. The van der Waals surface area contributed by atoms with E-state index in [2.05, 4.69) is 5.16 Å². The lowest BCUT2D eigenvalue weighted by Gasteiger charge is -2.14. The fraction of sp³-hybridized carbons (Fsp3) is 0.471. The van der Waals surface area contributed by atoms with E-state index in [4.69, 9.17) is 14.0 Å². The Kier molecular flexibility index (Phi) is 4.42. The number of carboxylic acids is 1. The SMILES string of the molecule is Cc1oc(CN(C)C(=O)c2noc3c2CCCCC3)cc1C(=O)O. The molecule has 2 aromatic rings. The van der Waals surface area contributed by atoms with Crippen LogP contribution >= 0.6 is 0 Å². The predicted molar refractivity (Wildman–Crippen MR) is 84.0 cm³/mol. The fourth-order valence-electron chi connectivity index (χ4n) is 3.05. The number of aromatic nitrogens is 1. The van der Waals surface area contributed by atoms with Gasteiger partial charge in [-0.2, -0.15) is 0 Å². The Balaban J connectivity index is 1.77. The van der Waals surface area contributed by atoms with Crippen molar-refractivity contribution >= 4 is 11.9 Å². The number of aromatic carboxylic acids is 1. The van der Waals surface area contributed by atoms with Gasteiger partial charge in [-0.25, -0.2) is 4.79 Å². The van der Waals surface area contributed by atoms with Gasteiger partial charge in [0.1, 0.15) is 22.8 Å². The van der Waals surface area contributed by atoms with Crippen molar-refractivity contribution in [3.8, 4) is 0 Å². The fourth-order valence-corrected chi connectivity index (χ4v) is 3.05. The van der Waals surface area contributed by atoms with E-state index in [0.717, 1.165) is 43.4 Å². The van der Waals surface area contributed by atoms with Crippen molar-refractivity contribution in [1.82, 2.24) is 10.1 Å². The summed E-state index contributed by atoms with van der Waals surface area (Å²) >= 11 is 0. The van der Waals surface area contributed by atoms with E-state index >= 15 is 0 Å². The molecule has 1 amide bonds. The molecule has 0 saturated carbocycles. The maximum absolute atomic E-state index is 12.7. The van der Waals surface area contributed by atoms with Gasteiger partial charge in [-0.05, 0) is 32.3 Å². The highest BCUT2D eigenvalue weighted by molar-refractivity contribution is 5.93. The average Bonchev–Trinajstić information content (AvgIpc) is 3.02. The second kappa shape index (κ2) is 6.51. The van der Waals surface area contributed by atoms with Crippen molar-refractivity contribution in [3.63, 3.8) is 0 Å². The van der Waals surface area contributed by atoms with Gasteiger partial charge in [-0.15, -0.1) is 0 Å². The van der Waals surface area contributed by atoms with E-state index in [9.17, 15) is 9.59 Å². The molecular formula is C17H20N2O5. The van der Waals surface area contributed by atoms with E-state index in [1.807, 2.05) is 0 Å². The zero-order chi connectivity index (χ0) is 17.3. The standard InChI is InChI=1S/C17H20N2O5/c1-10-13(17(21)22)8-11(23-10)9-19(2)16(20)15-12-6-4-3-5-7-14(12)24-18-15/h8H,3-7,9H2,1-2H3,(H,21,22). The molecule has 0 atom stereocenters. The minimum absolute atomic E-state index is 0.112. The number of furan rings is 1. The largest absolute Gasteiger partial charge is 0.478 e. The van der Waals surface area contributed by atoms with Gasteiger partial charge in [-0.1, -0.05) is 11.6 Å². The average molecular weight is 332 g/mol. The highest BCUT2D eigenvalue weighted by atomic mass is 16.5. The van der Waals surface area contributed by atoms with Crippen LogP contribution in [0, 0.1) is 6.92 Å². The Morgan fingerprint density at radius 1 is 1.29 bits per heavy atom. The second-order valence-electron chi connectivity index (χ2n) is 6.14. The molecule has 0 saturated heterocycles. The van der Waals surface area contributed by atoms with Crippen molar-refractivity contribution in [1.29, 1.82) is 0 Å². The van der Waals surface area contributed by atoms with Crippen molar-refractivity contribution in [2.45, 2.75) is 45.6 Å². The number of hydrogen-bond acceptors (Lipinski definition) is 5. The smallest absolute Gasteiger partial charge is 0.339 e. The molecule has 1 aliphatic carbocycles. The Morgan fingerprint density at radius 3 is 2.75 bits per heavy atom. The molecule has 3 rings (SSSR count). The van der Waals surface area contributed by atoms with Crippen LogP contribution in [0.5, 0.6) is 0 Å². The number of amides is 1. The molecule has 7 heteroatoms. The highest BCUT2D eigenvalue weighted by Crippen LogP contribution is 2.25. The van der Waals surface area contributed by atoms with Crippen molar-refractivity contribution in [2.75, 3.05) is 7.05 Å².